The van der Waals surface area contributed by atoms with E-state index in [9.17, 15) is 0 Å². The van der Waals surface area contributed by atoms with E-state index in [0.29, 0.717) is 0 Å². The Morgan fingerprint density at radius 2 is 1.81 bits per heavy atom. The monoisotopic (exact) mass is 389 g/mol. The number of halogens is 1. The molecule has 0 radical (unpaired) electrons. The molecule has 0 amide bonds. The highest BCUT2D eigenvalue weighted by molar-refractivity contribution is 14.1. The Morgan fingerprint density at radius 1 is 1.05 bits per heavy atom. The topological polar surface area (TPSA) is 12.5 Å². The van der Waals surface area contributed by atoms with Crippen LogP contribution in [-0.4, -0.2) is 12.6 Å². The quantitative estimate of drug-likeness (QED) is 0.558. The molecule has 0 saturated carbocycles. The summed E-state index contributed by atoms with van der Waals surface area (Å²) in [4.78, 5) is 6.03. The van der Waals surface area contributed by atoms with E-state index in [4.69, 9.17) is 4.84 Å². The lowest BCUT2D eigenvalue weighted by atomic mass is 10.2. The summed E-state index contributed by atoms with van der Waals surface area (Å²) in [6.07, 6.45) is 8.37. The molecule has 3 heteroatoms. The smallest absolute Gasteiger partial charge is 0.122 e. The van der Waals surface area contributed by atoms with Gasteiger partial charge < -0.3 is 0 Å². The van der Waals surface area contributed by atoms with Crippen LogP contribution < -0.4 is 5.06 Å². The zero-order valence-corrected chi connectivity index (χ0v) is 13.7. The molecule has 106 valence electrons. The maximum Gasteiger partial charge on any atom is 0.122 e. The molecule has 0 unspecified atom stereocenters. The lowest BCUT2D eigenvalue weighted by Crippen LogP contribution is -2.32. The van der Waals surface area contributed by atoms with Crippen molar-refractivity contribution in [3.8, 4) is 0 Å². The summed E-state index contributed by atoms with van der Waals surface area (Å²) in [5.74, 6) is 0. The second-order valence-corrected chi connectivity index (χ2v) is 5.94. The van der Waals surface area contributed by atoms with E-state index in [1.807, 2.05) is 35.4 Å². The molecule has 2 nitrogen and oxygen atoms in total. The van der Waals surface area contributed by atoms with Crippen molar-refractivity contribution in [2.45, 2.75) is 6.10 Å². The largest absolute Gasteiger partial charge is 0.261 e. The maximum atomic E-state index is 6.03. The standard InChI is InChI=1S/C18H16INO/c19-17-10-4-5-11-18(17)20-14-6-9-16(21-20)13-12-15-7-2-1-3-8-15/h1-13,16H,14H2/b13-12+/t16-/m0/s1. The van der Waals surface area contributed by atoms with Gasteiger partial charge in [0.2, 0.25) is 0 Å². The Balaban J connectivity index is 1.72. The van der Waals surface area contributed by atoms with Gasteiger partial charge in [0, 0.05) is 3.57 Å². The number of anilines is 1. The highest BCUT2D eigenvalue weighted by Crippen LogP contribution is 2.25. The number of hydrogen-bond donors (Lipinski definition) is 0. The average Bonchev–Trinajstić information content (AvgIpc) is 2.55. The Hall–Kier alpha value is -1.59. The number of hydrogen-bond acceptors (Lipinski definition) is 2. The number of hydroxylamine groups is 1. The SMILES string of the molecule is Ic1ccccc1N1CC=C[C@@H](/C=C/c2ccccc2)O1. The van der Waals surface area contributed by atoms with Crippen molar-refractivity contribution in [2.24, 2.45) is 0 Å². The van der Waals surface area contributed by atoms with E-state index < -0.39 is 0 Å². The fourth-order valence-corrected chi connectivity index (χ4v) is 2.85. The van der Waals surface area contributed by atoms with Crippen LogP contribution in [0.15, 0.2) is 72.8 Å². The normalized spacial score (nSPS) is 18.3. The summed E-state index contributed by atoms with van der Waals surface area (Å²) in [5, 5.41) is 1.95. The van der Waals surface area contributed by atoms with Gasteiger partial charge in [-0.2, -0.15) is 0 Å². The van der Waals surface area contributed by atoms with Crippen LogP contribution in [0.3, 0.4) is 0 Å². The van der Waals surface area contributed by atoms with Gasteiger partial charge in [0.1, 0.15) is 6.10 Å². The third-order valence-corrected chi connectivity index (χ3v) is 4.16. The molecule has 0 saturated heterocycles. The van der Waals surface area contributed by atoms with Gasteiger partial charge in [-0.05, 0) is 46.4 Å². The first-order valence-corrected chi connectivity index (χ1v) is 7.99. The predicted octanol–water partition coefficient (Wildman–Crippen LogP) is 4.68. The van der Waals surface area contributed by atoms with Gasteiger partial charge in [0.25, 0.3) is 0 Å². The third-order valence-electron chi connectivity index (χ3n) is 3.25. The van der Waals surface area contributed by atoms with Gasteiger partial charge in [-0.25, -0.2) is 5.06 Å². The first-order chi connectivity index (χ1) is 10.3. The van der Waals surface area contributed by atoms with Crippen molar-refractivity contribution in [1.82, 2.24) is 0 Å². The van der Waals surface area contributed by atoms with Crippen LogP contribution in [0.5, 0.6) is 0 Å². The summed E-state index contributed by atoms with van der Waals surface area (Å²) >= 11 is 2.34. The zero-order valence-electron chi connectivity index (χ0n) is 11.5. The molecule has 0 aromatic heterocycles. The van der Waals surface area contributed by atoms with Crippen LogP contribution in [0, 0.1) is 3.57 Å². The van der Waals surface area contributed by atoms with Crippen LogP contribution in [0.25, 0.3) is 6.08 Å². The Bertz CT molecular complexity index is 651. The highest BCUT2D eigenvalue weighted by atomic mass is 127. The Labute approximate surface area is 138 Å². The maximum absolute atomic E-state index is 6.03. The lowest BCUT2D eigenvalue weighted by Gasteiger charge is -2.29. The van der Waals surface area contributed by atoms with Gasteiger partial charge in [0.05, 0.1) is 12.2 Å². The fourth-order valence-electron chi connectivity index (χ4n) is 2.19. The van der Waals surface area contributed by atoms with Gasteiger partial charge in [-0.3, -0.25) is 4.84 Å². The molecule has 1 atom stereocenters. The van der Waals surface area contributed by atoms with Crippen molar-refractivity contribution in [1.29, 1.82) is 0 Å². The molecular weight excluding hydrogens is 373 g/mol. The summed E-state index contributed by atoms with van der Waals surface area (Å²) in [6.45, 7) is 0.774. The summed E-state index contributed by atoms with van der Waals surface area (Å²) in [5.41, 5.74) is 2.29. The van der Waals surface area contributed by atoms with Crippen LogP contribution >= 0.6 is 22.6 Å². The molecular formula is C18H16INO. The van der Waals surface area contributed by atoms with Crippen LogP contribution in [0.1, 0.15) is 5.56 Å². The van der Waals surface area contributed by atoms with Crippen LogP contribution in [0.2, 0.25) is 0 Å². The minimum absolute atomic E-state index is 0.0324. The summed E-state index contributed by atoms with van der Waals surface area (Å²) in [6, 6.07) is 18.5. The van der Waals surface area contributed by atoms with E-state index in [0.717, 1.165) is 12.2 Å². The van der Waals surface area contributed by atoms with E-state index in [2.05, 4.69) is 71.2 Å². The Kier molecular flexibility index (Phi) is 4.72. The number of rotatable bonds is 3. The number of nitrogens with zero attached hydrogens (tertiary/aromatic N) is 1. The zero-order chi connectivity index (χ0) is 14.5. The lowest BCUT2D eigenvalue weighted by molar-refractivity contribution is 0.0874. The predicted molar refractivity (Wildman–Crippen MR) is 96.0 cm³/mol. The molecule has 0 N–H and O–H groups in total. The first-order valence-electron chi connectivity index (χ1n) is 6.92. The summed E-state index contributed by atoms with van der Waals surface area (Å²) in [7, 11) is 0. The molecule has 21 heavy (non-hydrogen) atoms. The molecule has 1 aliphatic rings. The van der Waals surface area contributed by atoms with Gasteiger partial charge >= 0.3 is 0 Å². The first kappa shape index (κ1) is 14.4. The molecule has 0 fully saturated rings. The van der Waals surface area contributed by atoms with Gasteiger partial charge in [-0.1, -0.05) is 60.7 Å². The molecule has 0 bridgehead atoms. The molecule has 1 heterocycles. The molecule has 2 aromatic carbocycles. The molecule has 0 aliphatic carbocycles. The van der Waals surface area contributed by atoms with Crippen molar-refractivity contribution in [3.05, 3.63) is 82.0 Å². The average molecular weight is 389 g/mol. The second kappa shape index (κ2) is 6.91. The molecule has 2 aromatic rings. The van der Waals surface area contributed by atoms with Crippen molar-refractivity contribution < 1.29 is 4.84 Å². The minimum Gasteiger partial charge on any atom is -0.261 e. The van der Waals surface area contributed by atoms with E-state index in [1.165, 1.54) is 9.13 Å². The van der Waals surface area contributed by atoms with Crippen molar-refractivity contribution >= 4 is 34.4 Å². The van der Waals surface area contributed by atoms with E-state index >= 15 is 0 Å². The van der Waals surface area contributed by atoms with Crippen LogP contribution in [-0.2, 0) is 4.84 Å². The molecule has 0 spiro atoms. The van der Waals surface area contributed by atoms with E-state index in [-0.39, 0.29) is 6.10 Å². The minimum atomic E-state index is -0.0324. The van der Waals surface area contributed by atoms with E-state index in [1.54, 1.807) is 0 Å². The summed E-state index contributed by atoms with van der Waals surface area (Å²) < 4.78 is 1.19. The highest BCUT2D eigenvalue weighted by Gasteiger charge is 2.16. The molecule has 3 rings (SSSR count). The fraction of sp³-hybridized carbons (Fsp3) is 0.111. The Morgan fingerprint density at radius 3 is 2.62 bits per heavy atom. The van der Waals surface area contributed by atoms with Crippen molar-refractivity contribution in [3.63, 3.8) is 0 Å². The van der Waals surface area contributed by atoms with Crippen molar-refractivity contribution in [2.75, 3.05) is 11.6 Å². The number of benzene rings is 2. The van der Waals surface area contributed by atoms with Gasteiger partial charge in [-0.15, -0.1) is 0 Å². The molecule has 1 aliphatic heterocycles. The second-order valence-electron chi connectivity index (χ2n) is 4.78. The third kappa shape index (κ3) is 3.74. The van der Waals surface area contributed by atoms with Crippen LogP contribution in [0.4, 0.5) is 5.69 Å². The number of para-hydroxylation sites is 1. The van der Waals surface area contributed by atoms with Gasteiger partial charge in [0.15, 0.2) is 0 Å².